The van der Waals surface area contributed by atoms with Crippen LogP contribution in [-0.2, 0) is 0 Å². The molecule has 0 amide bonds. The van der Waals surface area contributed by atoms with Crippen LogP contribution < -0.4 is 16.0 Å². The summed E-state index contributed by atoms with van der Waals surface area (Å²) in [6.07, 6.45) is 13.7. The summed E-state index contributed by atoms with van der Waals surface area (Å²) in [6, 6.07) is 2.37. The Kier molecular flexibility index (Phi) is 8.71. The number of hydrogen-bond acceptors (Lipinski definition) is 4. The third-order valence-corrected chi connectivity index (χ3v) is 5.08. The monoisotopic (exact) mass is 458 g/mol. The van der Waals surface area contributed by atoms with Gasteiger partial charge in [0.05, 0.1) is 0 Å². The fourth-order valence-corrected chi connectivity index (χ4v) is 3.76. The lowest BCUT2D eigenvalue weighted by Crippen LogP contribution is -2.41. The zero-order valence-corrected chi connectivity index (χ0v) is 17.3. The van der Waals surface area contributed by atoms with Gasteiger partial charge in [0.25, 0.3) is 0 Å². The lowest BCUT2D eigenvalue weighted by Gasteiger charge is -2.32. The van der Waals surface area contributed by atoms with Gasteiger partial charge in [-0.3, -0.25) is 4.99 Å². The first-order chi connectivity index (χ1) is 11.8. The van der Waals surface area contributed by atoms with Crippen LogP contribution >= 0.6 is 24.0 Å². The molecule has 0 spiro atoms. The number of rotatable bonds is 4. The lowest BCUT2D eigenvalue weighted by atomic mass is 9.98. The highest BCUT2D eigenvalue weighted by atomic mass is 127. The number of guanidine groups is 1. The largest absolute Gasteiger partial charge is 0.370 e. The highest BCUT2D eigenvalue weighted by Crippen LogP contribution is 2.20. The molecule has 1 aromatic heterocycles. The number of aromatic nitrogens is 2. The minimum atomic E-state index is 0. The quantitative estimate of drug-likeness (QED) is 0.314. The van der Waals surface area contributed by atoms with Crippen molar-refractivity contribution < 1.29 is 0 Å². The second kappa shape index (κ2) is 10.8. The SMILES string of the molecule is I.NC(=NCC1CCCN(c2ncccn2)C1)NC1CCCCCC1. The van der Waals surface area contributed by atoms with Gasteiger partial charge in [0.15, 0.2) is 5.96 Å². The first kappa shape index (κ1) is 20.2. The zero-order valence-electron chi connectivity index (χ0n) is 14.9. The van der Waals surface area contributed by atoms with Gasteiger partial charge in [-0.1, -0.05) is 25.7 Å². The van der Waals surface area contributed by atoms with Crippen molar-refractivity contribution in [1.29, 1.82) is 0 Å². The predicted molar refractivity (Wildman–Crippen MR) is 113 cm³/mol. The third kappa shape index (κ3) is 6.60. The van der Waals surface area contributed by atoms with Crippen molar-refractivity contribution in [3.05, 3.63) is 18.5 Å². The Balaban J connectivity index is 0.00000225. The van der Waals surface area contributed by atoms with Gasteiger partial charge in [0.2, 0.25) is 5.95 Å². The molecule has 7 heteroatoms. The smallest absolute Gasteiger partial charge is 0.225 e. The van der Waals surface area contributed by atoms with Gasteiger partial charge in [0, 0.05) is 38.1 Å². The van der Waals surface area contributed by atoms with Gasteiger partial charge < -0.3 is 16.0 Å². The van der Waals surface area contributed by atoms with Crippen LogP contribution in [0, 0.1) is 5.92 Å². The van der Waals surface area contributed by atoms with Crippen LogP contribution in [0.3, 0.4) is 0 Å². The second-order valence-corrected chi connectivity index (χ2v) is 7.06. The maximum atomic E-state index is 6.12. The van der Waals surface area contributed by atoms with Gasteiger partial charge >= 0.3 is 0 Å². The first-order valence-electron chi connectivity index (χ1n) is 9.39. The van der Waals surface area contributed by atoms with Crippen LogP contribution in [0.15, 0.2) is 23.5 Å². The van der Waals surface area contributed by atoms with Crippen LogP contribution in [0.5, 0.6) is 0 Å². The Labute approximate surface area is 168 Å². The molecule has 0 aromatic carbocycles. The van der Waals surface area contributed by atoms with E-state index < -0.39 is 0 Å². The highest BCUT2D eigenvalue weighted by Gasteiger charge is 2.21. The van der Waals surface area contributed by atoms with E-state index in [4.69, 9.17) is 5.73 Å². The van der Waals surface area contributed by atoms with Crippen LogP contribution in [0.2, 0.25) is 0 Å². The van der Waals surface area contributed by atoms with E-state index in [1.54, 1.807) is 12.4 Å². The van der Waals surface area contributed by atoms with Crippen molar-refractivity contribution in [2.24, 2.45) is 16.6 Å². The van der Waals surface area contributed by atoms with E-state index in [0.717, 1.165) is 32.0 Å². The van der Waals surface area contributed by atoms with Gasteiger partial charge in [-0.25, -0.2) is 9.97 Å². The molecule has 1 saturated heterocycles. The normalized spacial score (nSPS) is 22.8. The molecule has 0 radical (unpaired) electrons. The maximum Gasteiger partial charge on any atom is 0.225 e. The molecule has 1 atom stereocenters. The Bertz CT molecular complexity index is 516. The summed E-state index contributed by atoms with van der Waals surface area (Å²) in [6.45, 7) is 2.78. The second-order valence-electron chi connectivity index (χ2n) is 7.06. The third-order valence-electron chi connectivity index (χ3n) is 5.08. The fraction of sp³-hybridized carbons (Fsp3) is 0.722. The Morgan fingerprint density at radius 2 is 1.84 bits per heavy atom. The van der Waals surface area contributed by atoms with Crippen LogP contribution in [-0.4, -0.2) is 41.6 Å². The molecule has 1 aromatic rings. The van der Waals surface area contributed by atoms with Crippen LogP contribution in [0.25, 0.3) is 0 Å². The topological polar surface area (TPSA) is 79.4 Å². The van der Waals surface area contributed by atoms with Crippen molar-refractivity contribution in [2.75, 3.05) is 24.5 Å². The molecule has 1 aliphatic carbocycles. The molecule has 2 heterocycles. The van der Waals surface area contributed by atoms with Crippen molar-refractivity contribution in [2.45, 2.75) is 57.4 Å². The standard InChI is InChI=1S/C18H30N6.HI/c19-17(23-16-8-3-1-2-4-9-16)22-13-15-7-5-12-24(14-15)18-20-10-6-11-21-18;/h6,10-11,15-16H,1-5,7-9,12-14H2,(H3,19,22,23);1H. The summed E-state index contributed by atoms with van der Waals surface area (Å²) >= 11 is 0. The molecular weight excluding hydrogens is 427 g/mol. The number of nitrogens with zero attached hydrogens (tertiary/aromatic N) is 4. The van der Waals surface area contributed by atoms with E-state index in [1.807, 2.05) is 6.07 Å². The summed E-state index contributed by atoms with van der Waals surface area (Å²) in [7, 11) is 0. The van der Waals surface area contributed by atoms with Crippen molar-refractivity contribution in [3.8, 4) is 0 Å². The van der Waals surface area contributed by atoms with E-state index in [2.05, 4.69) is 25.2 Å². The van der Waals surface area contributed by atoms with E-state index in [0.29, 0.717) is 17.9 Å². The van der Waals surface area contributed by atoms with Gasteiger partial charge in [-0.05, 0) is 37.7 Å². The highest BCUT2D eigenvalue weighted by molar-refractivity contribution is 14.0. The maximum absolute atomic E-state index is 6.12. The minimum absolute atomic E-state index is 0. The molecule has 1 unspecified atom stereocenters. The molecule has 140 valence electrons. The van der Waals surface area contributed by atoms with E-state index in [1.165, 1.54) is 44.9 Å². The van der Waals surface area contributed by atoms with Gasteiger partial charge in [-0.2, -0.15) is 0 Å². The molecule has 3 rings (SSSR count). The van der Waals surface area contributed by atoms with E-state index in [9.17, 15) is 0 Å². The first-order valence-corrected chi connectivity index (χ1v) is 9.39. The number of halogens is 1. The van der Waals surface area contributed by atoms with Crippen LogP contribution in [0.1, 0.15) is 51.4 Å². The number of hydrogen-bond donors (Lipinski definition) is 2. The summed E-state index contributed by atoms with van der Waals surface area (Å²) in [4.78, 5) is 15.6. The average molecular weight is 458 g/mol. The van der Waals surface area contributed by atoms with Gasteiger partial charge in [-0.15, -0.1) is 24.0 Å². The minimum Gasteiger partial charge on any atom is -0.370 e. The Morgan fingerprint density at radius 1 is 1.12 bits per heavy atom. The summed E-state index contributed by atoms with van der Waals surface area (Å²) in [5, 5.41) is 3.43. The molecule has 2 fully saturated rings. The zero-order chi connectivity index (χ0) is 16.6. The van der Waals surface area contributed by atoms with Gasteiger partial charge in [0.1, 0.15) is 0 Å². The predicted octanol–water partition coefficient (Wildman–Crippen LogP) is 2.94. The number of anilines is 1. The summed E-state index contributed by atoms with van der Waals surface area (Å²) < 4.78 is 0. The summed E-state index contributed by atoms with van der Waals surface area (Å²) in [5.41, 5.74) is 6.12. The average Bonchev–Trinajstić information content (AvgIpc) is 2.90. The molecule has 3 N–H and O–H groups in total. The molecule has 6 nitrogen and oxygen atoms in total. The Hall–Kier alpha value is -1.12. The molecule has 2 aliphatic rings. The number of nitrogens with one attached hydrogen (secondary N) is 1. The van der Waals surface area contributed by atoms with Crippen molar-refractivity contribution in [1.82, 2.24) is 15.3 Å². The molecule has 1 saturated carbocycles. The molecular formula is C18H31IN6. The number of aliphatic imine (C=N–C) groups is 1. The molecule has 0 bridgehead atoms. The number of nitrogens with two attached hydrogens (primary N) is 1. The van der Waals surface area contributed by atoms with E-state index in [-0.39, 0.29) is 24.0 Å². The van der Waals surface area contributed by atoms with Crippen molar-refractivity contribution in [3.63, 3.8) is 0 Å². The van der Waals surface area contributed by atoms with Crippen molar-refractivity contribution >= 4 is 35.9 Å². The molecule has 25 heavy (non-hydrogen) atoms. The van der Waals surface area contributed by atoms with Crippen LogP contribution in [0.4, 0.5) is 5.95 Å². The fourth-order valence-electron chi connectivity index (χ4n) is 3.76. The lowest BCUT2D eigenvalue weighted by molar-refractivity contribution is 0.419. The summed E-state index contributed by atoms with van der Waals surface area (Å²) in [5.74, 6) is 1.97. The number of piperidine rings is 1. The Morgan fingerprint density at radius 3 is 2.56 bits per heavy atom. The molecule has 1 aliphatic heterocycles. The van der Waals surface area contributed by atoms with E-state index >= 15 is 0 Å².